The number of phenolic OH excluding ortho intramolecular Hbond substituents is 1. The summed E-state index contributed by atoms with van der Waals surface area (Å²) in [6.07, 6.45) is 12.0. The molecule has 0 radical (unpaired) electrons. The van der Waals surface area contributed by atoms with Crippen LogP contribution < -0.4 is 4.74 Å². The zero-order valence-electron chi connectivity index (χ0n) is 18.1. The molecule has 0 saturated carbocycles. The number of allylic oxidation sites excluding steroid dienone is 2. The molecule has 1 heterocycles. The fourth-order valence-electron chi connectivity index (χ4n) is 4.77. The van der Waals surface area contributed by atoms with Gasteiger partial charge in [0, 0.05) is 17.4 Å². The van der Waals surface area contributed by atoms with Gasteiger partial charge in [-0.3, -0.25) is 0 Å². The molecule has 3 unspecified atom stereocenters. The van der Waals surface area contributed by atoms with Gasteiger partial charge in [-0.05, 0) is 64.7 Å². The molecule has 2 aliphatic rings. The van der Waals surface area contributed by atoms with Gasteiger partial charge in [-0.15, -0.1) is 0 Å². The summed E-state index contributed by atoms with van der Waals surface area (Å²) in [5.41, 5.74) is 2.09. The monoisotopic (exact) mass is 384 g/mol. The van der Waals surface area contributed by atoms with Crippen molar-refractivity contribution in [2.75, 3.05) is 0 Å². The largest absolute Gasteiger partial charge is 0.507 e. The van der Waals surface area contributed by atoms with Crippen molar-refractivity contribution >= 4 is 6.08 Å². The molecule has 154 valence electrons. The number of aromatic hydroxyl groups is 1. The van der Waals surface area contributed by atoms with E-state index in [-0.39, 0.29) is 5.60 Å². The molecule has 28 heavy (non-hydrogen) atoms. The standard InChI is InChI=1S/C25H36O3/c1-6-7-8-12-25(5,27)13-11-18-15-21(26)23-19-14-17(2)9-10-20(19)24(3,4)28-22(23)16-18/h9,11,13,15-16,19-20,26-27H,6-8,10,12,14H2,1-5H3. The Hall–Kier alpha value is -1.74. The molecule has 3 rings (SSSR count). The molecule has 3 atom stereocenters. The van der Waals surface area contributed by atoms with Gasteiger partial charge < -0.3 is 14.9 Å². The molecule has 0 aromatic heterocycles. The highest BCUT2D eigenvalue weighted by atomic mass is 16.5. The van der Waals surface area contributed by atoms with Gasteiger partial charge in [0.1, 0.15) is 17.1 Å². The average molecular weight is 385 g/mol. The van der Waals surface area contributed by atoms with Gasteiger partial charge in [0.25, 0.3) is 0 Å². The maximum absolute atomic E-state index is 10.8. The van der Waals surface area contributed by atoms with Crippen molar-refractivity contribution in [3.63, 3.8) is 0 Å². The summed E-state index contributed by atoms with van der Waals surface area (Å²) in [5, 5.41) is 21.4. The van der Waals surface area contributed by atoms with Gasteiger partial charge in [0.15, 0.2) is 0 Å². The van der Waals surface area contributed by atoms with E-state index in [1.54, 1.807) is 0 Å². The maximum atomic E-state index is 10.8. The van der Waals surface area contributed by atoms with Crippen LogP contribution in [0.25, 0.3) is 6.08 Å². The lowest BCUT2D eigenvalue weighted by Crippen LogP contribution is -2.45. The fraction of sp³-hybridized carbons (Fsp3) is 0.600. The quantitative estimate of drug-likeness (QED) is 0.444. The summed E-state index contributed by atoms with van der Waals surface area (Å²) < 4.78 is 6.37. The van der Waals surface area contributed by atoms with Crippen LogP contribution in [0.3, 0.4) is 0 Å². The number of aliphatic hydroxyl groups is 1. The van der Waals surface area contributed by atoms with E-state index in [0.717, 1.165) is 55.4 Å². The lowest BCUT2D eigenvalue weighted by Gasteiger charge is -2.47. The molecule has 0 amide bonds. The minimum Gasteiger partial charge on any atom is -0.507 e. The molecule has 3 nitrogen and oxygen atoms in total. The third-order valence-electron chi connectivity index (χ3n) is 6.45. The summed E-state index contributed by atoms with van der Waals surface area (Å²) in [6, 6.07) is 3.82. The van der Waals surface area contributed by atoms with Crippen LogP contribution in [0.15, 0.2) is 29.9 Å². The van der Waals surface area contributed by atoms with E-state index < -0.39 is 5.60 Å². The van der Waals surface area contributed by atoms with Crippen LogP contribution in [-0.2, 0) is 0 Å². The molecule has 1 aliphatic carbocycles. The number of hydrogen-bond acceptors (Lipinski definition) is 3. The van der Waals surface area contributed by atoms with Crippen LogP contribution in [-0.4, -0.2) is 21.4 Å². The number of ether oxygens (including phenoxy) is 1. The number of rotatable bonds is 6. The molecule has 0 spiro atoms. The summed E-state index contributed by atoms with van der Waals surface area (Å²) >= 11 is 0. The van der Waals surface area contributed by atoms with Gasteiger partial charge in [0.05, 0.1) is 5.60 Å². The smallest absolute Gasteiger partial charge is 0.127 e. The highest BCUT2D eigenvalue weighted by molar-refractivity contribution is 5.61. The third kappa shape index (κ3) is 4.46. The van der Waals surface area contributed by atoms with Crippen LogP contribution >= 0.6 is 0 Å². The predicted octanol–water partition coefficient (Wildman–Crippen LogP) is 6.35. The zero-order valence-corrected chi connectivity index (χ0v) is 18.1. The second kappa shape index (κ2) is 7.94. The fourth-order valence-corrected chi connectivity index (χ4v) is 4.77. The lowest BCUT2D eigenvalue weighted by atomic mass is 9.67. The topological polar surface area (TPSA) is 49.7 Å². The van der Waals surface area contributed by atoms with Crippen molar-refractivity contribution in [2.45, 2.75) is 90.3 Å². The Morgan fingerprint density at radius 3 is 2.75 bits per heavy atom. The van der Waals surface area contributed by atoms with Gasteiger partial charge in [-0.25, -0.2) is 0 Å². The maximum Gasteiger partial charge on any atom is 0.127 e. The Balaban J connectivity index is 1.88. The summed E-state index contributed by atoms with van der Waals surface area (Å²) in [6.45, 7) is 10.5. The molecule has 0 fully saturated rings. The van der Waals surface area contributed by atoms with Gasteiger partial charge >= 0.3 is 0 Å². The molecule has 0 saturated heterocycles. The number of benzene rings is 1. The molecular weight excluding hydrogens is 348 g/mol. The second-order valence-electron chi connectivity index (χ2n) is 9.51. The van der Waals surface area contributed by atoms with Gasteiger partial charge in [-0.1, -0.05) is 50.0 Å². The number of hydrogen-bond donors (Lipinski definition) is 2. The minimum absolute atomic E-state index is 0.269. The van der Waals surface area contributed by atoms with Crippen molar-refractivity contribution in [1.82, 2.24) is 0 Å². The first-order valence-corrected chi connectivity index (χ1v) is 10.8. The average Bonchev–Trinajstić information content (AvgIpc) is 2.59. The summed E-state index contributed by atoms with van der Waals surface area (Å²) in [4.78, 5) is 0. The van der Waals surface area contributed by atoms with E-state index in [9.17, 15) is 10.2 Å². The Kier molecular flexibility index (Phi) is 5.95. The number of phenols is 1. The van der Waals surface area contributed by atoms with Crippen LogP contribution in [0.5, 0.6) is 11.5 Å². The molecule has 3 heteroatoms. The van der Waals surface area contributed by atoms with Gasteiger partial charge in [0.2, 0.25) is 0 Å². The van der Waals surface area contributed by atoms with E-state index in [2.05, 4.69) is 33.8 Å². The van der Waals surface area contributed by atoms with E-state index in [1.165, 1.54) is 5.57 Å². The van der Waals surface area contributed by atoms with E-state index in [4.69, 9.17) is 4.74 Å². The van der Waals surface area contributed by atoms with Crippen LogP contribution in [0.2, 0.25) is 0 Å². The first-order valence-electron chi connectivity index (χ1n) is 10.8. The molecular formula is C25H36O3. The Labute approximate surface area is 170 Å². The molecule has 2 N–H and O–H groups in total. The Bertz CT molecular complexity index is 770. The Morgan fingerprint density at radius 2 is 2.04 bits per heavy atom. The third-order valence-corrected chi connectivity index (χ3v) is 6.45. The summed E-state index contributed by atoms with van der Waals surface area (Å²) in [7, 11) is 0. The second-order valence-corrected chi connectivity index (χ2v) is 9.51. The van der Waals surface area contributed by atoms with E-state index in [0.29, 0.717) is 17.6 Å². The van der Waals surface area contributed by atoms with Crippen molar-refractivity contribution in [1.29, 1.82) is 0 Å². The van der Waals surface area contributed by atoms with E-state index >= 15 is 0 Å². The summed E-state index contributed by atoms with van der Waals surface area (Å²) in [5.74, 6) is 1.75. The van der Waals surface area contributed by atoms with Crippen LogP contribution in [0.4, 0.5) is 0 Å². The molecule has 1 aromatic carbocycles. The van der Waals surface area contributed by atoms with Crippen molar-refractivity contribution in [2.24, 2.45) is 5.92 Å². The lowest BCUT2D eigenvalue weighted by molar-refractivity contribution is 0.00759. The first kappa shape index (κ1) is 21.0. The number of fused-ring (bicyclic) bond motifs is 3. The normalized spacial score (nSPS) is 25.4. The zero-order chi connectivity index (χ0) is 20.5. The van der Waals surface area contributed by atoms with Crippen molar-refractivity contribution in [3.05, 3.63) is 41.0 Å². The SMILES string of the molecule is CCCCCC(C)(O)C=Cc1cc(O)c2c(c1)OC(C)(C)C1CC=C(C)CC21. The highest BCUT2D eigenvalue weighted by Crippen LogP contribution is 2.54. The predicted molar refractivity (Wildman–Crippen MR) is 116 cm³/mol. The van der Waals surface area contributed by atoms with Crippen LogP contribution in [0, 0.1) is 5.92 Å². The first-order chi connectivity index (χ1) is 13.1. The molecule has 1 aromatic rings. The van der Waals surface area contributed by atoms with Crippen molar-refractivity contribution in [3.8, 4) is 11.5 Å². The molecule has 0 bridgehead atoms. The minimum atomic E-state index is -0.836. The van der Waals surface area contributed by atoms with Gasteiger partial charge in [-0.2, -0.15) is 0 Å². The molecule has 1 aliphatic heterocycles. The number of unbranched alkanes of at least 4 members (excludes halogenated alkanes) is 2. The Morgan fingerprint density at radius 1 is 1.29 bits per heavy atom. The van der Waals surface area contributed by atoms with E-state index in [1.807, 2.05) is 31.2 Å². The van der Waals surface area contributed by atoms with Crippen LogP contribution in [0.1, 0.15) is 90.2 Å². The van der Waals surface area contributed by atoms with Crippen molar-refractivity contribution < 1.29 is 14.9 Å². The highest BCUT2D eigenvalue weighted by Gasteiger charge is 2.45.